The molecule has 0 spiro atoms. The van der Waals surface area contributed by atoms with Crippen molar-refractivity contribution in [2.24, 2.45) is 0 Å². The fourth-order valence-corrected chi connectivity index (χ4v) is 5.15. The van der Waals surface area contributed by atoms with Gasteiger partial charge in [-0.25, -0.2) is 4.98 Å². The van der Waals surface area contributed by atoms with Gasteiger partial charge < -0.3 is 9.47 Å². The van der Waals surface area contributed by atoms with E-state index in [-0.39, 0.29) is 18.1 Å². The summed E-state index contributed by atoms with van der Waals surface area (Å²) in [6.45, 7) is 2.85. The van der Waals surface area contributed by atoms with Crippen LogP contribution in [-0.2, 0) is 19.1 Å². The second-order valence-electron chi connectivity index (χ2n) is 10.3. The average molecular weight is 570 g/mol. The Kier molecular flexibility index (Phi) is 8.24. The van der Waals surface area contributed by atoms with Crippen LogP contribution in [0.4, 0.5) is 13.2 Å². The molecule has 1 amide bonds. The Balaban J connectivity index is 1.34. The molecule has 0 saturated heterocycles. The lowest BCUT2D eigenvalue weighted by atomic mass is 10.0. The summed E-state index contributed by atoms with van der Waals surface area (Å²) in [5, 5.41) is 0.964. The molecule has 0 bridgehead atoms. The number of fused-ring (bicyclic) bond motifs is 1. The van der Waals surface area contributed by atoms with Crippen LogP contribution in [-0.4, -0.2) is 39.7 Å². The summed E-state index contributed by atoms with van der Waals surface area (Å²) < 4.78 is 41.7. The third-order valence-electron chi connectivity index (χ3n) is 7.39. The van der Waals surface area contributed by atoms with Gasteiger partial charge in [-0.05, 0) is 48.7 Å². The molecule has 5 aromatic rings. The Bertz CT molecular complexity index is 1740. The van der Waals surface area contributed by atoms with Gasteiger partial charge in [0.25, 0.3) is 5.91 Å². The molecular weight excluding hydrogens is 539 g/mol. The normalized spacial score (nSPS) is 11.5. The van der Waals surface area contributed by atoms with Gasteiger partial charge in [-0.2, -0.15) is 13.2 Å². The zero-order valence-electron chi connectivity index (χ0n) is 23.4. The highest BCUT2D eigenvalue weighted by molar-refractivity contribution is 6.00. The largest absolute Gasteiger partial charge is 0.416 e. The molecule has 5 nitrogen and oxygen atoms in total. The monoisotopic (exact) mass is 569 g/mol. The van der Waals surface area contributed by atoms with Crippen molar-refractivity contribution >= 4 is 22.6 Å². The van der Waals surface area contributed by atoms with Crippen LogP contribution in [0.2, 0.25) is 0 Å². The second-order valence-corrected chi connectivity index (χ2v) is 10.3. The first kappa shape index (κ1) is 28.8. The van der Waals surface area contributed by atoms with Crippen LogP contribution in [0.15, 0.2) is 97.1 Å². The minimum Gasteiger partial charge on any atom is -0.344 e. The van der Waals surface area contributed by atoms with Gasteiger partial charge in [-0.1, -0.05) is 72.8 Å². The van der Waals surface area contributed by atoms with E-state index in [4.69, 9.17) is 0 Å². The number of carbonyl (C=O) groups excluding carboxylic acids is 2. The van der Waals surface area contributed by atoms with Gasteiger partial charge >= 0.3 is 6.18 Å². The SMILES string of the molecule is Cc1c(C(=O)Cc2cccc(C(F)(F)F)c2)cc(-c2ccccc2)n1CCCN(C)C(=O)c1ccc2ccccc2n1. The molecule has 0 fully saturated rings. The first-order valence-electron chi connectivity index (χ1n) is 13.7. The number of amides is 1. The predicted octanol–water partition coefficient (Wildman–Crippen LogP) is 7.62. The number of para-hydroxylation sites is 1. The summed E-state index contributed by atoms with van der Waals surface area (Å²) in [5.41, 5.74) is 3.63. The second kappa shape index (κ2) is 12.0. The number of aromatic nitrogens is 2. The van der Waals surface area contributed by atoms with E-state index in [1.54, 1.807) is 18.0 Å². The van der Waals surface area contributed by atoms with Crippen molar-refractivity contribution in [1.29, 1.82) is 0 Å². The minimum atomic E-state index is -4.47. The Morgan fingerprint density at radius 3 is 2.38 bits per heavy atom. The Hall–Kier alpha value is -4.72. The molecular formula is C34H30F3N3O2. The molecule has 0 aliphatic carbocycles. The fourth-order valence-electron chi connectivity index (χ4n) is 5.15. The van der Waals surface area contributed by atoms with Crippen LogP contribution in [0.3, 0.4) is 0 Å². The number of benzene rings is 3. The van der Waals surface area contributed by atoms with Crippen molar-refractivity contribution in [1.82, 2.24) is 14.5 Å². The molecule has 0 saturated carbocycles. The van der Waals surface area contributed by atoms with E-state index >= 15 is 0 Å². The number of hydrogen-bond donors (Lipinski definition) is 0. The lowest BCUT2D eigenvalue weighted by Crippen LogP contribution is -2.29. The van der Waals surface area contributed by atoms with Crippen molar-refractivity contribution in [3.63, 3.8) is 0 Å². The third-order valence-corrected chi connectivity index (χ3v) is 7.39. The number of ketones is 1. The van der Waals surface area contributed by atoms with E-state index < -0.39 is 11.7 Å². The number of halogens is 3. The van der Waals surface area contributed by atoms with E-state index in [0.29, 0.717) is 36.3 Å². The van der Waals surface area contributed by atoms with Crippen LogP contribution < -0.4 is 0 Å². The highest BCUT2D eigenvalue weighted by Gasteiger charge is 2.30. The van der Waals surface area contributed by atoms with Crippen molar-refractivity contribution in [2.75, 3.05) is 13.6 Å². The number of pyridine rings is 1. The number of Topliss-reactive ketones (excluding diaryl/α,β-unsaturated/α-hetero) is 1. The van der Waals surface area contributed by atoms with E-state index in [0.717, 1.165) is 40.0 Å². The van der Waals surface area contributed by atoms with Crippen LogP contribution in [0.5, 0.6) is 0 Å². The molecule has 42 heavy (non-hydrogen) atoms. The Labute approximate surface area is 242 Å². The van der Waals surface area contributed by atoms with Crippen molar-refractivity contribution < 1.29 is 22.8 Å². The fraction of sp³-hybridized carbons (Fsp3) is 0.206. The zero-order chi connectivity index (χ0) is 29.9. The molecule has 214 valence electrons. The summed E-state index contributed by atoms with van der Waals surface area (Å²) in [6.07, 6.45) is -4.00. The zero-order valence-corrected chi connectivity index (χ0v) is 23.4. The molecule has 0 N–H and O–H groups in total. The van der Waals surface area contributed by atoms with Crippen LogP contribution in [0, 0.1) is 6.92 Å². The number of nitrogens with zero attached hydrogens (tertiary/aromatic N) is 3. The average Bonchev–Trinajstić information content (AvgIpc) is 3.32. The maximum absolute atomic E-state index is 13.4. The molecule has 5 rings (SSSR count). The Morgan fingerprint density at radius 2 is 1.62 bits per heavy atom. The van der Waals surface area contributed by atoms with E-state index in [2.05, 4.69) is 4.98 Å². The summed E-state index contributed by atoms with van der Waals surface area (Å²) in [5.74, 6) is -0.428. The number of alkyl halides is 3. The molecule has 0 radical (unpaired) electrons. The van der Waals surface area contributed by atoms with Crippen molar-refractivity contribution in [3.05, 3.63) is 125 Å². The standard InChI is InChI=1S/C34H30F3N3O2/c1-23-28(32(41)21-24-10-8-14-27(20-24)34(35,36)37)22-31(26-12-4-3-5-13-26)40(23)19-9-18-39(2)33(42)30-17-16-25-11-6-7-15-29(25)38-30/h3-8,10-17,20,22H,9,18-19,21H2,1-2H3. The highest BCUT2D eigenvalue weighted by Crippen LogP contribution is 2.31. The third kappa shape index (κ3) is 6.28. The van der Waals surface area contributed by atoms with Gasteiger partial charge in [-0.3, -0.25) is 9.59 Å². The lowest BCUT2D eigenvalue weighted by molar-refractivity contribution is -0.137. The maximum Gasteiger partial charge on any atom is 0.416 e. The summed E-state index contributed by atoms with van der Waals surface area (Å²) in [4.78, 5) is 32.6. The number of rotatable bonds is 9. The molecule has 2 heterocycles. The van der Waals surface area contributed by atoms with Gasteiger partial charge in [0.1, 0.15) is 5.69 Å². The van der Waals surface area contributed by atoms with E-state index in [1.165, 1.54) is 12.1 Å². The molecule has 3 aromatic carbocycles. The van der Waals surface area contributed by atoms with Crippen LogP contribution >= 0.6 is 0 Å². The molecule has 8 heteroatoms. The molecule has 0 aliphatic rings. The first-order valence-corrected chi connectivity index (χ1v) is 13.7. The number of carbonyl (C=O) groups is 2. The van der Waals surface area contributed by atoms with Crippen molar-refractivity contribution in [3.8, 4) is 11.3 Å². The topological polar surface area (TPSA) is 55.2 Å². The van der Waals surface area contributed by atoms with Gasteiger partial charge in [0.2, 0.25) is 0 Å². The highest BCUT2D eigenvalue weighted by atomic mass is 19.4. The van der Waals surface area contributed by atoms with E-state index in [1.807, 2.05) is 78.2 Å². The quantitative estimate of drug-likeness (QED) is 0.172. The van der Waals surface area contributed by atoms with Crippen LogP contribution in [0.1, 0.15) is 44.1 Å². The minimum absolute atomic E-state index is 0.140. The summed E-state index contributed by atoms with van der Waals surface area (Å²) in [7, 11) is 1.74. The van der Waals surface area contributed by atoms with Crippen LogP contribution in [0.25, 0.3) is 22.2 Å². The first-order chi connectivity index (χ1) is 20.1. The summed E-state index contributed by atoms with van der Waals surface area (Å²) >= 11 is 0. The predicted molar refractivity (Wildman–Crippen MR) is 157 cm³/mol. The molecule has 0 unspecified atom stereocenters. The smallest absolute Gasteiger partial charge is 0.344 e. The van der Waals surface area contributed by atoms with Gasteiger partial charge in [0.15, 0.2) is 5.78 Å². The lowest BCUT2D eigenvalue weighted by Gasteiger charge is -2.18. The van der Waals surface area contributed by atoms with Crippen molar-refractivity contribution in [2.45, 2.75) is 32.5 Å². The maximum atomic E-state index is 13.4. The molecule has 0 atom stereocenters. The molecule has 0 aliphatic heterocycles. The Morgan fingerprint density at radius 1 is 0.881 bits per heavy atom. The van der Waals surface area contributed by atoms with Gasteiger partial charge in [-0.15, -0.1) is 0 Å². The van der Waals surface area contributed by atoms with Gasteiger partial charge in [0.05, 0.1) is 11.1 Å². The number of hydrogen-bond acceptors (Lipinski definition) is 3. The van der Waals surface area contributed by atoms with E-state index in [9.17, 15) is 22.8 Å². The summed E-state index contributed by atoms with van der Waals surface area (Å²) in [6, 6.07) is 27.6. The van der Waals surface area contributed by atoms with Gasteiger partial charge in [0, 0.05) is 48.9 Å². The molecule has 2 aromatic heterocycles.